The molecule has 3 heteroatoms. The van der Waals surface area contributed by atoms with E-state index in [0.717, 1.165) is 32.2 Å². The van der Waals surface area contributed by atoms with Crippen LogP contribution in [0.25, 0.3) is 0 Å². The van der Waals surface area contributed by atoms with E-state index in [-0.39, 0.29) is 0 Å². The van der Waals surface area contributed by atoms with Gasteiger partial charge in [0.25, 0.3) is 0 Å². The summed E-state index contributed by atoms with van der Waals surface area (Å²) in [6, 6.07) is 0. The van der Waals surface area contributed by atoms with Gasteiger partial charge in [-0.1, -0.05) is 13.8 Å². The quantitative estimate of drug-likeness (QED) is 0.561. The van der Waals surface area contributed by atoms with Crippen molar-refractivity contribution in [3.05, 3.63) is 0 Å². The van der Waals surface area contributed by atoms with Gasteiger partial charge in [0.05, 0.1) is 6.61 Å². The molecule has 0 aliphatic rings. The topological polar surface area (TPSA) is 24.5 Å². The van der Waals surface area contributed by atoms with E-state index in [0.29, 0.717) is 0 Å². The van der Waals surface area contributed by atoms with Gasteiger partial charge >= 0.3 is 0 Å². The molecule has 0 saturated carbocycles. The predicted octanol–water partition coefficient (Wildman–Crippen LogP) is 1.59. The molecule has 0 aromatic heterocycles. The number of nitrogens with zero attached hydrogens (tertiary/aromatic N) is 1. The van der Waals surface area contributed by atoms with Crippen LogP contribution in [0.4, 0.5) is 0 Å². The zero-order valence-electron chi connectivity index (χ0n) is 10.9. The molecule has 15 heavy (non-hydrogen) atoms. The van der Waals surface area contributed by atoms with Crippen molar-refractivity contribution in [1.29, 1.82) is 0 Å². The Morgan fingerprint density at radius 3 is 2.53 bits per heavy atom. The van der Waals surface area contributed by atoms with Crippen LogP contribution in [0.3, 0.4) is 0 Å². The minimum atomic E-state index is 0.803. The molecular formula is C12H28N2O. The van der Waals surface area contributed by atoms with E-state index in [2.05, 4.69) is 31.1 Å². The molecule has 0 amide bonds. The number of nitrogens with one attached hydrogen (secondary N) is 1. The summed E-state index contributed by atoms with van der Waals surface area (Å²) in [6.07, 6.45) is 2.65. The Labute approximate surface area is 95.2 Å². The van der Waals surface area contributed by atoms with Crippen LogP contribution >= 0.6 is 0 Å². The van der Waals surface area contributed by atoms with Gasteiger partial charge in [-0.25, -0.2) is 0 Å². The highest BCUT2D eigenvalue weighted by molar-refractivity contribution is 4.56. The fourth-order valence-corrected chi connectivity index (χ4v) is 1.45. The first kappa shape index (κ1) is 14.9. The molecule has 3 nitrogen and oxygen atoms in total. The maximum absolute atomic E-state index is 4.96. The molecule has 0 fully saturated rings. The van der Waals surface area contributed by atoms with E-state index >= 15 is 0 Å². The summed E-state index contributed by atoms with van der Waals surface area (Å²) >= 11 is 0. The lowest BCUT2D eigenvalue weighted by atomic mass is 10.1. The molecule has 0 radical (unpaired) electrons. The van der Waals surface area contributed by atoms with Crippen LogP contribution in [0, 0.1) is 5.92 Å². The monoisotopic (exact) mass is 216 g/mol. The molecule has 1 N–H and O–H groups in total. The maximum Gasteiger partial charge on any atom is 0.0587 e. The molecule has 0 aromatic carbocycles. The van der Waals surface area contributed by atoms with E-state index in [1.165, 1.54) is 19.4 Å². The highest BCUT2D eigenvalue weighted by Crippen LogP contribution is 2.03. The Balaban J connectivity index is 3.15. The molecular weight excluding hydrogens is 188 g/mol. The van der Waals surface area contributed by atoms with Gasteiger partial charge in [-0.05, 0) is 32.4 Å². The maximum atomic E-state index is 4.96. The lowest BCUT2D eigenvalue weighted by molar-refractivity contribution is 0.197. The standard InChI is InChI=1S/C12H28N2O/c1-12(2)6-5-9-14(3)10-7-13-8-11-15-4/h12-13H,5-11H2,1-4H3. The Kier molecular flexibility index (Phi) is 10.3. The molecule has 0 aliphatic heterocycles. The van der Waals surface area contributed by atoms with Crippen LogP contribution in [-0.4, -0.2) is 51.8 Å². The third-order valence-electron chi connectivity index (χ3n) is 2.47. The van der Waals surface area contributed by atoms with E-state index in [4.69, 9.17) is 4.74 Å². The van der Waals surface area contributed by atoms with Crippen LogP contribution < -0.4 is 5.32 Å². The Morgan fingerprint density at radius 1 is 1.20 bits per heavy atom. The molecule has 0 spiro atoms. The van der Waals surface area contributed by atoms with Crippen molar-refractivity contribution in [3.8, 4) is 0 Å². The van der Waals surface area contributed by atoms with Crippen LogP contribution in [0.2, 0.25) is 0 Å². The number of hydrogen-bond acceptors (Lipinski definition) is 3. The normalized spacial score (nSPS) is 11.6. The lowest BCUT2D eigenvalue weighted by Crippen LogP contribution is -2.31. The largest absolute Gasteiger partial charge is 0.383 e. The highest BCUT2D eigenvalue weighted by atomic mass is 16.5. The summed E-state index contributed by atoms with van der Waals surface area (Å²) in [5.41, 5.74) is 0. The number of hydrogen-bond donors (Lipinski definition) is 1. The SMILES string of the molecule is COCCNCCN(C)CCCC(C)C. The number of ether oxygens (including phenoxy) is 1. The van der Waals surface area contributed by atoms with Crippen molar-refractivity contribution in [2.24, 2.45) is 5.92 Å². The number of likely N-dealkylation sites (N-methyl/N-ethyl adjacent to an activating group) is 1. The van der Waals surface area contributed by atoms with Crippen molar-refractivity contribution in [3.63, 3.8) is 0 Å². The molecule has 0 bridgehead atoms. The zero-order chi connectivity index (χ0) is 11.5. The molecule has 0 heterocycles. The van der Waals surface area contributed by atoms with Gasteiger partial charge in [0.15, 0.2) is 0 Å². The fraction of sp³-hybridized carbons (Fsp3) is 1.00. The zero-order valence-corrected chi connectivity index (χ0v) is 10.9. The average molecular weight is 216 g/mol. The second-order valence-electron chi connectivity index (χ2n) is 4.58. The molecule has 0 unspecified atom stereocenters. The van der Waals surface area contributed by atoms with Crippen molar-refractivity contribution in [2.75, 3.05) is 46.9 Å². The molecule has 0 atom stereocenters. The van der Waals surface area contributed by atoms with Crippen LogP contribution in [0.5, 0.6) is 0 Å². The smallest absolute Gasteiger partial charge is 0.0587 e. The van der Waals surface area contributed by atoms with E-state index < -0.39 is 0 Å². The third kappa shape index (κ3) is 11.8. The second kappa shape index (κ2) is 10.4. The third-order valence-corrected chi connectivity index (χ3v) is 2.47. The average Bonchev–Trinajstić information content (AvgIpc) is 2.17. The molecule has 0 rings (SSSR count). The first-order chi connectivity index (χ1) is 7.16. The number of methoxy groups -OCH3 is 1. The summed E-state index contributed by atoms with van der Waals surface area (Å²) in [5.74, 6) is 0.832. The number of rotatable bonds is 10. The summed E-state index contributed by atoms with van der Waals surface area (Å²) < 4.78 is 4.96. The van der Waals surface area contributed by atoms with Crippen molar-refractivity contribution in [2.45, 2.75) is 26.7 Å². The van der Waals surface area contributed by atoms with E-state index in [1.54, 1.807) is 7.11 Å². The van der Waals surface area contributed by atoms with Crippen LogP contribution in [-0.2, 0) is 4.74 Å². The summed E-state index contributed by atoms with van der Waals surface area (Å²) in [7, 11) is 3.93. The first-order valence-corrected chi connectivity index (χ1v) is 6.05. The second-order valence-corrected chi connectivity index (χ2v) is 4.58. The molecule has 92 valence electrons. The summed E-state index contributed by atoms with van der Waals surface area (Å²) in [4.78, 5) is 2.39. The minimum absolute atomic E-state index is 0.803. The van der Waals surface area contributed by atoms with Crippen LogP contribution in [0.15, 0.2) is 0 Å². The molecule has 0 saturated heterocycles. The lowest BCUT2D eigenvalue weighted by Gasteiger charge is -2.17. The van der Waals surface area contributed by atoms with Gasteiger partial charge in [-0.15, -0.1) is 0 Å². The molecule has 0 aliphatic carbocycles. The Bertz CT molecular complexity index is 129. The minimum Gasteiger partial charge on any atom is -0.383 e. The van der Waals surface area contributed by atoms with Gasteiger partial charge < -0.3 is 15.0 Å². The fourth-order valence-electron chi connectivity index (χ4n) is 1.45. The van der Waals surface area contributed by atoms with Crippen molar-refractivity contribution < 1.29 is 4.74 Å². The molecule has 0 aromatic rings. The van der Waals surface area contributed by atoms with Gasteiger partial charge in [0.1, 0.15) is 0 Å². The predicted molar refractivity (Wildman–Crippen MR) is 66.3 cm³/mol. The highest BCUT2D eigenvalue weighted by Gasteiger charge is 1.99. The summed E-state index contributed by atoms with van der Waals surface area (Å²) in [5, 5.41) is 3.35. The van der Waals surface area contributed by atoms with E-state index in [1.807, 2.05) is 0 Å². The van der Waals surface area contributed by atoms with Gasteiger partial charge in [0.2, 0.25) is 0 Å². The summed E-state index contributed by atoms with van der Waals surface area (Å²) in [6.45, 7) is 9.72. The van der Waals surface area contributed by atoms with Gasteiger partial charge in [-0.3, -0.25) is 0 Å². The first-order valence-electron chi connectivity index (χ1n) is 6.05. The van der Waals surface area contributed by atoms with Crippen LogP contribution in [0.1, 0.15) is 26.7 Å². The van der Waals surface area contributed by atoms with Crippen molar-refractivity contribution >= 4 is 0 Å². The Morgan fingerprint density at radius 2 is 1.93 bits per heavy atom. The van der Waals surface area contributed by atoms with Gasteiger partial charge in [-0.2, -0.15) is 0 Å². The van der Waals surface area contributed by atoms with Crippen molar-refractivity contribution in [1.82, 2.24) is 10.2 Å². The Hall–Kier alpha value is -0.120. The van der Waals surface area contributed by atoms with Gasteiger partial charge in [0, 0.05) is 26.7 Å². The van der Waals surface area contributed by atoms with E-state index in [9.17, 15) is 0 Å².